The Labute approximate surface area is 101 Å². The maximum Gasteiger partial charge on any atom is 0.316 e. The summed E-state index contributed by atoms with van der Waals surface area (Å²) in [5.74, 6) is 0.896. The lowest BCUT2D eigenvalue weighted by Gasteiger charge is -2.14. The van der Waals surface area contributed by atoms with Gasteiger partial charge in [-0.05, 0) is 37.0 Å². The van der Waals surface area contributed by atoms with Gasteiger partial charge in [-0.2, -0.15) is 0 Å². The molecule has 0 atom stereocenters. The summed E-state index contributed by atoms with van der Waals surface area (Å²) in [6, 6.07) is 6.11. The molecule has 3 nitrogen and oxygen atoms in total. The molecule has 1 aromatic carbocycles. The highest BCUT2D eigenvalue weighted by Gasteiger charge is 2.52. The maximum atomic E-state index is 12.0. The van der Waals surface area contributed by atoms with Crippen LogP contribution in [-0.2, 0) is 21.4 Å². The second-order valence-electron chi connectivity index (χ2n) is 4.72. The van der Waals surface area contributed by atoms with Gasteiger partial charge in [-0.25, -0.2) is 0 Å². The van der Waals surface area contributed by atoms with Gasteiger partial charge in [-0.1, -0.05) is 12.1 Å². The van der Waals surface area contributed by atoms with Crippen LogP contribution in [0.2, 0.25) is 0 Å². The minimum atomic E-state index is -0.354. The Morgan fingerprint density at radius 1 is 1.47 bits per heavy atom. The molecule has 0 unspecified atom stereocenters. The van der Waals surface area contributed by atoms with Crippen molar-refractivity contribution >= 4 is 5.97 Å². The number of esters is 1. The van der Waals surface area contributed by atoms with Gasteiger partial charge in [0.05, 0.1) is 18.6 Å². The van der Waals surface area contributed by atoms with Gasteiger partial charge < -0.3 is 9.47 Å². The van der Waals surface area contributed by atoms with Crippen molar-refractivity contribution in [3.63, 3.8) is 0 Å². The normalized spacial score (nSPS) is 19.4. The van der Waals surface area contributed by atoms with Crippen LogP contribution in [0.3, 0.4) is 0 Å². The molecule has 0 amide bonds. The van der Waals surface area contributed by atoms with Crippen LogP contribution in [0.5, 0.6) is 5.75 Å². The van der Waals surface area contributed by atoms with Crippen LogP contribution >= 0.6 is 0 Å². The number of carbonyl (C=O) groups excluding carboxylic acids is 1. The van der Waals surface area contributed by atoms with Crippen molar-refractivity contribution in [2.45, 2.75) is 31.6 Å². The molecule has 1 aliphatic carbocycles. The zero-order valence-corrected chi connectivity index (χ0v) is 9.99. The first-order chi connectivity index (χ1) is 8.26. The first kappa shape index (κ1) is 10.6. The minimum Gasteiger partial charge on any atom is -0.493 e. The maximum absolute atomic E-state index is 12.0. The first-order valence-electron chi connectivity index (χ1n) is 6.20. The molecule has 3 heteroatoms. The van der Waals surface area contributed by atoms with E-state index >= 15 is 0 Å². The van der Waals surface area contributed by atoms with Crippen molar-refractivity contribution in [3.05, 3.63) is 29.3 Å². The topological polar surface area (TPSA) is 35.5 Å². The largest absolute Gasteiger partial charge is 0.493 e. The summed E-state index contributed by atoms with van der Waals surface area (Å²) < 4.78 is 10.7. The third kappa shape index (κ3) is 1.61. The smallest absolute Gasteiger partial charge is 0.316 e. The number of ether oxygens (including phenoxy) is 2. The van der Waals surface area contributed by atoms with E-state index in [1.54, 1.807) is 0 Å². The SMILES string of the molecule is CCOC(=O)C1(c2ccc3c(c2)CCO3)CC1. The molecule has 1 heterocycles. The number of hydrogen-bond acceptors (Lipinski definition) is 3. The van der Waals surface area contributed by atoms with Gasteiger partial charge in [0.2, 0.25) is 0 Å². The Hall–Kier alpha value is -1.51. The molecular weight excluding hydrogens is 216 g/mol. The van der Waals surface area contributed by atoms with Crippen LogP contribution in [0.4, 0.5) is 0 Å². The zero-order chi connectivity index (χ0) is 11.9. The summed E-state index contributed by atoms with van der Waals surface area (Å²) in [4.78, 5) is 12.0. The van der Waals surface area contributed by atoms with Gasteiger partial charge in [-0.3, -0.25) is 4.79 Å². The molecule has 17 heavy (non-hydrogen) atoms. The summed E-state index contributed by atoms with van der Waals surface area (Å²) in [6.45, 7) is 3.06. The van der Waals surface area contributed by atoms with Crippen molar-refractivity contribution in [1.29, 1.82) is 0 Å². The van der Waals surface area contributed by atoms with Gasteiger partial charge >= 0.3 is 5.97 Å². The lowest BCUT2D eigenvalue weighted by atomic mass is 9.94. The summed E-state index contributed by atoms with van der Waals surface area (Å²) in [7, 11) is 0. The molecule has 0 aromatic heterocycles. The van der Waals surface area contributed by atoms with Crippen molar-refractivity contribution in [3.8, 4) is 5.75 Å². The van der Waals surface area contributed by atoms with Crippen LogP contribution in [0, 0.1) is 0 Å². The molecule has 0 saturated heterocycles. The minimum absolute atomic E-state index is 0.0705. The monoisotopic (exact) mass is 232 g/mol. The molecule has 1 saturated carbocycles. The predicted molar refractivity (Wildman–Crippen MR) is 63.2 cm³/mol. The molecule has 0 radical (unpaired) electrons. The quantitative estimate of drug-likeness (QED) is 0.749. The fraction of sp³-hybridized carbons (Fsp3) is 0.500. The van der Waals surface area contributed by atoms with Gasteiger partial charge in [0.15, 0.2) is 0 Å². The average Bonchev–Trinajstić information content (AvgIpc) is 3.02. The number of benzene rings is 1. The van der Waals surface area contributed by atoms with Crippen molar-refractivity contribution < 1.29 is 14.3 Å². The second-order valence-corrected chi connectivity index (χ2v) is 4.72. The Morgan fingerprint density at radius 2 is 2.29 bits per heavy atom. The number of hydrogen-bond donors (Lipinski definition) is 0. The Kier molecular flexibility index (Phi) is 2.35. The summed E-state index contributed by atoms with van der Waals surface area (Å²) in [5.41, 5.74) is 1.96. The summed E-state index contributed by atoms with van der Waals surface area (Å²) >= 11 is 0. The van der Waals surface area contributed by atoms with Gasteiger partial charge in [0.25, 0.3) is 0 Å². The predicted octanol–water partition coefficient (Wildman–Crippen LogP) is 2.22. The standard InChI is InChI=1S/C14H16O3/c1-2-16-13(15)14(6-7-14)11-3-4-12-10(9-11)5-8-17-12/h3-4,9H,2,5-8H2,1H3. The highest BCUT2D eigenvalue weighted by molar-refractivity contribution is 5.86. The Bertz CT molecular complexity index is 461. The van der Waals surface area contributed by atoms with Crippen LogP contribution in [-0.4, -0.2) is 19.2 Å². The van der Waals surface area contributed by atoms with E-state index < -0.39 is 0 Å². The second kappa shape index (κ2) is 3.76. The van der Waals surface area contributed by atoms with E-state index in [1.807, 2.05) is 19.1 Å². The molecule has 0 bridgehead atoms. The van der Waals surface area contributed by atoms with Gasteiger partial charge in [0, 0.05) is 6.42 Å². The lowest BCUT2D eigenvalue weighted by molar-refractivity contribution is -0.146. The van der Waals surface area contributed by atoms with Crippen LogP contribution in [0.1, 0.15) is 30.9 Å². The van der Waals surface area contributed by atoms with E-state index in [0.29, 0.717) is 6.61 Å². The number of carbonyl (C=O) groups is 1. The first-order valence-corrected chi connectivity index (χ1v) is 6.20. The average molecular weight is 232 g/mol. The molecular formula is C14H16O3. The van der Waals surface area contributed by atoms with E-state index in [1.165, 1.54) is 5.56 Å². The van der Waals surface area contributed by atoms with Crippen LogP contribution in [0.15, 0.2) is 18.2 Å². The van der Waals surface area contributed by atoms with E-state index in [-0.39, 0.29) is 11.4 Å². The number of rotatable bonds is 3. The highest BCUT2D eigenvalue weighted by atomic mass is 16.5. The molecule has 0 N–H and O–H groups in total. The fourth-order valence-corrected chi connectivity index (χ4v) is 2.49. The molecule has 3 rings (SSSR count). The van der Waals surface area contributed by atoms with E-state index in [9.17, 15) is 4.79 Å². The molecule has 1 aliphatic heterocycles. The third-order valence-corrected chi connectivity index (χ3v) is 3.66. The van der Waals surface area contributed by atoms with E-state index in [2.05, 4.69) is 6.07 Å². The summed E-state index contributed by atoms with van der Waals surface area (Å²) in [5, 5.41) is 0. The van der Waals surface area contributed by atoms with Crippen LogP contribution < -0.4 is 4.74 Å². The highest BCUT2D eigenvalue weighted by Crippen LogP contribution is 2.50. The fourth-order valence-electron chi connectivity index (χ4n) is 2.49. The van der Waals surface area contributed by atoms with E-state index in [0.717, 1.165) is 37.2 Å². The molecule has 0 spiro atoms. The van der Waals surface area contributed by atoms with Crippen molar-refractivity contribution in [1.82, 2.24) is 0 Å². The van der Waals surface area contributed by atoms with Crippen molar-refractivity contribution in [2.24, 2.45) is 0 Å². The lowest BCUT2D eigenvalue weighted by Crippen LogP contribution is -2.23. The third-order valence-electron chi connectivity index (χ3n) is 3.66. The Balaban J connectivity index is 1.91. The molecule has 90 valence electrons. The van der Waals surface area contributed by atoms with Crippen LogP contribution in [0.25, 0.3) is 0 Å². The molecule has 2 aliphatic rings. The Morgan fingerprint density at radius 3 is 3.00 bits per heavy atom. The zero-order valence-electron chi connectivity index (χ0n) is 9.99. The molecule has 1 aromatic rings. The van der Waals surface area contributed by atoms with E-state index in [4.69, 9.17) is 9.47 Å². The summed E-state index contributed by atoms with van der Waals surface area (Å²) in [6.07, 6.45) is 2.76. The van der Waals surface area contributed by atoms with Gasteiger partial charge in [-0.15, -0.1) is 0 Å². The van der Waals surface area contributed by atoms with Crippen molar-refractivity contribution in [2.75, 3.05) is 13.2 Å². The number of fused-ring (bicyclic) bond motifs is 1. The molecule has 1 fully saturated rings. The van der Waals surface area contributed by atoms with Gasteiger partial charge in [0.1, 0.15) is 5.75 Å².